The Bertz CT molecular complexity index is 751. The second-order valence-electron chi connectivity index (χ2n) is 8.37. The SMILES string of the molecule is C.COC(=O)CN.COC(=O)CNC(=O)C1CCC1.Cl.O=C(Cl)C1CCC1.O=C(O)CNC(=O)C1CCC1.[B].[Li+].[OH-]. The predicted molar refractivity (Wildman–Crippen MR) is 151 cm³/mol. The normalized spacial score (nSPS) is 14.1. The maximum absolute atomic E-state index is 11.1. The summed E-state index contributed by atoms with van der Waals surface area (Å²) in [5, 5.41) is 12.9. The van der Waals surface area contributed by atoms with Gasteiger partial charge in [-0.2, -0.15) is 0 Å². The van der Waals surface area contributed by atoms with Gasteiger partial charge in [0, 0.05) is 26.2 Å². The Kier molecular flexibility index (Phi) is 39.4. The smallest absolute Gasteiger partial charge is 0.870 e. The van der Waals surface area contributed by atoms with E-state index in [9.17, 15) is 28.8 Å². The van der Waals surface area contributed by atoms with Crippen LogP contribution in [0.4, 0.5) is 0 Å². The molecule has 0 aliphatic heterocycles. The molecule has 6 N–H and O–H groups in total. The summed E-state index contributed by atoms with van der Waals surface area (Å²) in [5.41, 5.74) is 4.81. The van der Waals surface area contributed by atoms with E-state index in [-0.39, 0.29) is 113 Å². The minimum atomic E-state index is -0.988. The van der Waals surface area contributed by atoms with Gasteiger partial charge in [-0.3, -0.25) is 28.8 Å². The third-order valence-electron chi connectivity index (χ3n) is 5.82. The van der Waals surface area contributed by atoms with Crippen molar-refractivity contribution < 1.29 is 67.7 Å². The van der Waals surface area contributed by atoms with Crippen LogP contribution in [0.1, 0.15) is 65.2 Å². The van der Waals surface area contributed by atoms with Crippen molar-refractivity contribution in [3.8, 4) is 0 Å². The second-order valence-corrected chi connectivity index (χ2v) is 8.75. The molecule has 0 unspecified atom stereocenters. The van der Waals surface area contributed by atoms with Gasteiger partial charge in [0.2, 0.25) is 17.1 Å². The Morgan fingerprint density at radius 3 is 1.29 bits per heavy atom. The number of esters is 2. The molecule has 3 aliphatic rings. The number of carboxylic acids is 1. The van der Waals surface area contributed by atoms with E-state index in [1.807, 2.05) is 0 Å². The number of nitrogens with two attached hydrogens (primary N) is 1. The van der Waals surface area contributed by atoms with E-state index in [2.05, 4.69) is 20.1 Å². The summed E-state index contributed by atoms with van der Waals surface area (Å²) in [6.45, 7) is -0.294. The zero-order chi connectivity index (χ0) is 27.5. The van der Waals surface area contributed by atoms with Crippen LogP contribution in [0.5, 0.6) is 0 Å². The van der Waals surface area contributed by atoms with E-state index in [1.54, 1.807) is 0 Å². The molecule has 17 heteroatoms. The zero-order valence-corrected chi connectivity index (χ0v) is 24.9. The molecule has 13 nitrogen and oxygen atoms in total. The fraction of sp³-hybridized carbons (Fsp3) is 0.750. The topological polar surface area (TPSA) is 221 Å². The first-order valence-corrected chi connectivity index (χ1v) is 12.2. The molecular formula is C24H44BCl2LiN3O10. The molecule has 3 radical (unpaired) electrons. The van der Waals surface area contributed by atoms with Crippen LogP contribution in [0.15, 0.2) is 0 Å². The number of amides is 2. The Hall–Kier alpha value is -1.82. The van der Waals surface area contributed by atoms with Gasteiger partial charge in [0.25, 0.3) is 0 Å². The van der Waals surface area contributed by atoms with Crippen molar-refractivity contribution in [3.63, 3.8) is 0 Å². The van der Waals surface area contributed by atoms with E-state index < -0.39 is 11.9 Å². The second kappa shape index (κ2) is 31.1. The zero-order valence-electron chi connectivity index (χ0n) is 23.3. The summed E-state index contributed by atoms with van der Waals surface area (Å²) in [6, 6.07) is 0. The maximum Gasteiger partial charge on any atom is 1.00 e. The Balaban J connectivity index is -0.0000000988. The maximum atomic E-state index is 11.1. The molecule has 3 saturated carbocycles. The molecule has 0 bridgehead atoms. The average molecular weight is 623 g/mol. The van der Waals surface area contributed by atoms with Crippen LogP contribution in [0.25, 0.3) is 0 Å². The molecule has 0 aromatic carbocycles. The van der Waals surface area contributed by atoms with Crippen LogP contribution in [0.2, 0.25) is 0 Å². The van der Waals surface area contributed by atoms with Crippen LogP contribution < -0.4 is 35.2 Å². The molecule has 0 atom stereocenters. The molecule has 0 saturated heterocycles. The molecule has 0 heterocycles. The van der Waals surface area contributed by atoms with Crippen molar-refractivity contribution >= 4 is 67.4 Å². The largest absolute Gasteiger partial charge is 1.00 e. The van der Waals surface area contributed by atoms with Crippen molar-refractivity contribution in [1.29, 1.82) is 0 Å². The average Bonchev–Trinajstić information content (AvgIpc) is 2.72. The summed E-state index contributed by atoms with van der Waals surface area (Å²) >= 11 is 5.14. The van der Waals surface area contributed by atoms with Crippen molar-refractivity contribution in [3.05, 3.63) is 0 Å². The third-order valence-corrected chi connectivity index (χ3v) is 6.13. The number of carbonyl (C=O) groups is 6. The van der Waals surface area contributed by atoms with Crippen LogP contribution in [0.3, 0.4) is 0 Å². The Labute approximate surface area is 267 Å². The van der Waals surface area contributed by atoms with Crippen LogP contribution >= 0.6 is 24.0 Å². The minimum Gasteiger partial charge on any atom is -0.870 e. The van der Waals surface area contributed by atoms with Crippen LogP contribution in [-0.2, 0) is 38.2 Å². The molecule has 0 spiro atoms. The molecule has 41 heavy (non-hydrogen) atoms. The van der Waals surface area contributed by atoms with Crippen molar-refractivity contribution in [2.45, 2.75) is 65.2 Å². The fourth-order valence-corrected chi connectivity index (χ4v) is 2.96. The fourth-order valence-electron chi connectivity index (χ4n) is 2.74. The minimum absolute atomic E-state index is 0. The number of ether oxygens (including phenoxy) is 2. The first-order valence-electron chi connectivity index (χ1n) is 11.9. The van der Waals surface area contributed by atoms with Crippen LogP contribution in [0, 0.1) is 17.8 Å². The number of hydrogen-bond acceptors (Lipinski definition) is 10. The van der Waals surface area contributed by atoms with Gasteiger partial charge in [-0.25, -0.2) is 0 Å². The molecular weight excluding hydrogens is 579 g/mol. The van der Waals surface area contributed by atoms with Gasteiger partial charge in [-0.15, -0.1) is 12.4 Å². The van der Waals surface area contributed by atoms with E-state index >= 15 is 0 Å². The van der Waals surface area contributed by atoms with Gasteiger partial charge in [-0.05, 0) is 50.1 Å². The standard InChI is InChI=1S/C8H13NO3.C7H11NO3.C5H7ClO.C3H7NO2.CH4.B.ClH.Li.H2O/c1-12-7(10)5-9-8(11)6-3-2-4-6;9-6(10)4-8-7(11)5-2-1-3-5;6-5(7)4-2-1-3-4;1-6-3(5)2-4;;;;;/h6H,2-5H2,1H3,(H,9,11);5H,1-4H2,(H,8,11)(H,9,10);4H,1-3H2;2,4H2,1H3;1H4;;1H;;1H2/q;;;;;;;+1;/p-1. The van der Waals surface area contributed by atoms with Crippen molar-refractivity contribution in [2.24, 2.45) is 23.5 Å². The van der Waals surface area contributed by atoms with Gasteiger partial charge >= 0.3 is 36.8 Å². The Morgan fingerprint density at radius 2 is 1.12 bits per heavy atom. The summed E-state index contributed by atoms with van der Waals surface area (Å²) in [6.07, 6.45) is 9.15. The number of halogens is 2. The number of methoxy groups -OCH3 is 2. The molecule has 2 amide bonds. The first-order chi connectivity index (χ1) is 17.0. The quantitative estimate of drug-likeness (QED) is 0.135. The number of aliphatic carboxylic acids is 1. The van der Waals surface area contributed by atoms with E-state index in [4.69, 9.17) is 22.4 Å². The summed E-state index contributed by atoms with van der Waals surface area (Å²) in [5.74, 6) is -1.48. The van der Waals surface area contributed by atoms with Gasteiger partial charge < -0.3 is 36.4 Å². The van der Waals surface area contributed by atoms with Crippen molar-refractivity contribution in [2.75, 3.05) is 33.9 Å². The number of carbonyl (C=O) groups excluding carboxylic acids is 5. The van der Waals surface area contributed by atoms with E-state index in [0.29, 0.717) is 0 Å². The molecule has 3 fully saturated rings. The number of carboxylic acid groups (broad SMARTS) is 1. The predicted octanol–water partition coefficient (Wildman–Crippen LogP) is -1.76. The van der Waals surface area contributed by atoms with Gasteiger partial charge in [0.05, 0.1) is 20.8 Å². The molecule has 233 valence electrons. The summed E-state index contributed by atoms with van der Waals surface area (Å²) < 4.78 is 8.51. The number of hydrogen-bond donors (Lipinski definition) is 4. The van der Waals surface area contributed by atoms with Gasteiger partial charge in [-0.1, -0.05) is 26.7 Å². The van der Waals surface area contributed by atoms with Crippen LogP contribution in [-0.4, -0.2) is 87.8 Å². The molecule has 3 aliphatic carbocycles. The van der Waals surface area contributed by atoms with Gasteiger partial charge in [0.15, 0.2) is 0 Å². The van der Waals surface area contributed by atoms with Crippen molar-refractivity contribution in [1.82, 2.24) is 10.6 Å². The first kappa shape index (κ1) is 51.9. The number of rotatable bonds is 8. The monoisotopic (exact) mass is 622 g/mol. The Morgan fingerprint density at radius 1 is 0.780 bits per heavy atom. The van der Waals surface area contributed by atoms with Gasteiger partial charge in [0.1, 0.15) is 13.1 Å². The molecule has 3 rings (SSSR count). The molecule has 0 aromatic heterocycles. The van der Waals surface area contributed by atoms with E-state index in [0.717, 1.165) is 51.4 Å². The molecule has 0 aromatic rings. The van der Waals surface area contributed by atoms with E-state index in [1.165, 1.54) is 20.6 Å². The summed E-state index contributed by atoms with van der Waals surface area (Å²) in [7, 11) is 2.60. The summed E-state index contributed by atoms with van der Waals surface area (Å²) in [4.78, 5) is 62.7. The number of nitrogens with one attached hydrogen (secondary N) is 2. The third kappa shape index (κ3) is 25.6.